The number of carbonyl (C=O) groups excluding carboxylic acids is 1. The number of benzene rings is 2. The number of rotatable bonds is 7. The molecular formula is C38H40N6O6S. The Bertz CT molecular complexity index is 2200. The third kappa shape index (κ3) is 7.20. The van der Waals surface area contributed by atoms with Crippen molar-refractivity contribution in [2.45, 2.75) is 69.1 Å². The van der Waals surface area contributed by atoms with E-state index in [0.717, 1.165) is 36.8 Å². The summed E-state index contributed by atoms with van der Waals surface area (Å²) < 4.78 is 48.2. The molecule has 2 saturated heterocycles. The van der Waals surface area contributed by atoms with E-state index in [1.165, 1.54) is 3.97 Å². The number of aromatic nitrogens is 4. The molecule has 5 heterocycles. The molecule has 5 aromatic rings. The number of ether oxygens (including phenoxy) is 3. The Morgan fingerprint density at radius 2 is 1.69 bits per heavy atom. The van der Waals surface area contributed by atoms with E-state index in [2.05, 4.69) is 11.2 Å². The molecule has 0 aliphatic carbocycles. The first-order chi connectivity index (χ1) is 24.5. The second-order valence-electron chi connectivity index (χ2n) is 13.9. The summed E-state index contributed by atoms with van der Waals surface area (Å²) >= 11 is 0. The Hall–Kier alpha value is -5.19. The summed E-state index contributed by atoms with van der Waals surface area (Å²) in [6, 6.07) is 17.9. The normalized spacial score (nSPS) is 16.2. The maximum absolute atomic E-state index is 14.0. The van der Waals surface area contributed by atoms with Crippen molar-refractivity contribution in [3.63, 3.8) is 0 Å². The molecule has 2 aliphatic rings. The summed E-state index contributed by atoms with van der Waals surface area (Å²) in [7, 11) is -4.01. The molecule has 0 unspecified atom stereocenters. The predicted octanol–water partition coefficient (Wildman–Crippen LogP) is 6.81. The third-order valence-electron chi connectivity index (χ3n) is 9.21. The molecule has 12 nitrogen and oxygen atoms in total. The molecule has 3 aromatic heterocycles. The lowest BCUT2D eigenvalue weighted by molar-refractivity contribution is 0.0184. The Morgan fingerprint density at radius 3 is 2.39 bits per heavy atom. The van der Waals surface area contributed by atoms with Crippen molar-refractivity contribution in [3.8, 4) is 34.1 Å². The van der Waals surface area contributed by atoms with Crippen LogP contribution in [0.3, 0.4) is 0 Å². The SMILES string of the molecule is CC(C)(C)OC(=O)N1CCC(n2cc(-c3cnc4c(c3)c(-c3ccc(OC5CCOCC5)c(C#N)c3)cn4S(=O)(=O)c3ccccc3)cn2)CC1. The molecule has 2 aromatic carbocycles. The van der Waals surface area contributed by atoms with Gasteiger partial charge in [-0.25, -0.2) is 22.2 Å². The van der Waals surface area contributed by atoms with Gasteiger partial charge in [-0.3, -0.25) is 4.68 Å². The number of nitriles is 1. The van der Waals surface area contributed by atoms with E-state index in [-0.39, 0.29) is 28.8 Å². The number of amides is 1. The van der Waals surface area contributed by atoms with Gasteiger partial charge < -0.3 is 19.1 Å². The Balaban J connectivity index is 1.22. The van der Waals surface area contributed by atoms with E-state index in [1.54, 1.807) is 66.0 Å². The van der Waals surface area contributed by atoms with Crippen LogP contribution in [0.25, 0.3) is 33.3 Å². The third-order valence-corrected chi connectivity index (χ3v) is 10.9. The first-order valence-corrected chi connectivity index (χ1v) is 18.6. The molecule has 0 bridgehead atoms. The van der Waals surface area contributed by atoms with E-state index < -0.39 is 15.6 Å². The van der Waals surface area contributed by atoms with E-state index in [4.69, 9.17) is 19.2 Å². The highest BCUT2D eigenvalue weighted by Crippen LogP contribution is 2.37. The molecule has 51 heavy (non-hydrogen) atoms. The number of pyridine rings is 1. The van der Waals surface area contributed by atoms with E-state index in [0.29, 0.717) is 54.1 Å². The molecule has 2 fully saturated rings. The highest BCUT2D eigenvalue weighted by molar-refractivity contribution is 7.90. The van der Waals surface area contributed by atoms with Gasteiger partial charge in [-0.2, -0.15) is 10.4 Å². The minimum atomic E-state index is -4.01. The second kappa shape index (κ2) is 13.8. The van der Waals surface area contributed by atoms with Gasteiger partial charge >= 0.3 is 6.09 Å². The summed E-state index contributed by atoms with van der Waals surface area (Å²) in [5, 5.41) is 15.4. The minimum absolute atomic E-state index is 0.0418. The van der Waals surface area contributed by atoms with E-state index in [9.17, 15) is 18.5 Å². The summed E-state index contributed by atoms with van der Waals surface area (Å²) in [4.78, 5) is 19.1. The zero-order chi connectivity index (χ0) is 35.8. The van der Waals surface area contributed by atoms with Gasteiger partial charge in [0, 0.05) is 66.6 Å². The van der Waals surface area contributed by atoms with Crippen molar-refractivity contribution in [1.29, 1.82) is 5.26 Å². The quantitative estimate of drug-likeness (QED) is 0.178. The number of nitrogens with zero attached hydrogens (tertiary/aromatic N) is 6. The maximum atomic E-state index is 14.0. The number of likely N-dealkylation sites (tertiary alicyclic amines) is 1. The highest BCUT2D eigenvalue weighted by Gasteiger charge is 2.29. The van der Waals surface area contributed by atoms with Gasteiger partial charge in [0.05, 0.1) is 35.9 Å². The molecule has 1 amide bonds. The number of carbonyl (C=O) groups is 1. The second-order valence-corrected chi connectivity index (χ2v) is 15.7. The van der Waals surface area contributed by atoms with Crippen LogP contribution in [0.2, 0.25) is 0 Å². The molecule has 2 aliphatic heterocycles. The molecule has 13 heteroatoms. The molecule has 0 N–H and O–H groups in total. The molecule has 0 saturated carbocycles. The van der Waals surface area contributed by atoms with Crippen molar-refractivity contribution in [2.24, 2.45) is 0 Å². The van der Waals surface area contributed by atoms with Gasteiger partial charge in [-0.15, -0.1) is 0 Å². The first kappa shape index (κ1) is 34.3. The summed E-state index contributed by atoms with van der Waals surface area (Å²) in [6.45, 7) is 7.94. The fourth-order valence-electron chi connectivity index (χ4n) is 6.54. The lowest BCUT2D eigenvalue weighted by atomic mass is 10.0. The van der Waals surface area contributed by atoms with Crippen LogP contribution in [0.5, 0.6) is 5.75 Å². The summed E-state index contributed by atoms with van der Waals surface area (Å²) in [5.74, 6) is 0.483. The van der Waals surface area contributed by atoms with Crippen LogP contribution in [-0.4, -0.2) is 76.2 Å². The fraction of sp³-hybridized carbons (Fsp3) is 0.368. The van der Waals surface area contributed by atoms with Crippen LogP contribution in [0, 0.1) is 11.3 Å². The largest absolute Gasteiger partial charge is 0.489 e. The van der Waals surface area contributed by atoms with Crippen molar-refractivity contribution in [1.82, 2.24) is 23.6 Å². The number of hydrogen-bond acceptors (Lipinski definition) is 9. The maximum Gasteiger partial charge on any atom is 0.410 e. The standard InChI is InChI=1S/C38H40N6O6S/c1-38(2,3)50-37(45)42-15-11-30(12-16-42)43-24-29(23-41-43)28-20-33-34(25-44(36(33)40-22-28)51(46,47)32-7-5-4-6-8-32)26-9-10-35(27(19-26)21-39)49-31-13-17-48-18-14-31/h4-10,19-20,22-25,30-31H,11-18H2,1-3H3. The van der Waals surface area contributed by atoms with Crippen LogP contribution < -0.4 is 4.74 Å². The number of hydrogen-bond donors (Lipinski definition) is 0. The van der Waals surface area contributed by atoms with Crippen molar-refractivity contribution in [3.05, 3.63) is 84.9 Å². The number of fused-ring (bicyclic) bond motifs is 1. The van der Waals surface area contributed by atoms with Gasteiger partial charge in [0.15, 0.2) is 5.65 Å². The zero-order valence-electron chi connectivity index (χ0n) is 28.9. The van der Waals surface area contributed by atoms with Crippen molar-refractivity contribution < 1.29 is 27.4 Å². The molecule has 7 rings (SSSR count). The van der Waals surface area contributed by atoms with E-state index >= 15 is 0 Å². The van der Waals surface area contributed by atoms with Crippen LogP contribution >= 0.6 is 0 Å². The predicted molar refractivity (Wildman–Crippen MR) is 191 cm³/mol. The van der Waals surface area contributed by atoms with Gasteiger partial charge in [0.2, 0.25) is 0 Å². The van der Waals surface area contributed by atoms with Gasteiger partial charge in [-0.05, 0) is 69.5 Å². The highest BCUT2D eigenvalue weighted by atomic mass is 32.2. The average molecular weight is 709 g/mol. The van der Waals surface area contributed by atoms with Crippen LogP contribution in [0.15, 0.2) is 84.3 Å². The van der Waals surface area contributed by atoms with Crippen molar-refractivity contribution >= 4 is 27.1 Å². The zero-order valence-corrected chi connectivity index (χ0v) is 29.7. The lowest BCUT2D eigenvalue weighted by Crippen LogP contribution is -2.42. The molecular weight excluding hydrogens is 669 g/mol. The average Bonchev–Trinajstić information content (AvgIpc) is 3.78. The summed E-state index contributed by atoms with van der Waals surface area (Å²) in [5.41, 5.74) is 2.92. The Kier molecular flexibility index (Phi) is 9.30. The lowest BCUT2D eigenvalue weighted by Gasteiger charge is -2.33. The number of piperidine rings is 1. The van der Waals surface area contributed by atoms with Gasteiger partial charge in [0.25, 0.3) is 10.0 Å². The molecule has 0 atom stereocenters. The topological polar surface area (TPSA) is 142 Å². The van der Waals surface area contributed by atoms with Crippen LogP contribution in [-0.2, 0) is 19.5 Å². The minimum Gasteiger partial charge on any atom is -0.489 e. The Labute approximate surface area is 297 Å². The first-order valence-electron chi connectivity index (χ1n) is 17.1. The molecule has 264 valence electrons. The van der Waals surface area contributed by atoms with Gasteiger partial charge in [0.1, 0.15) is 23.5 Å². The van der Waals surface area contributed by atoms with E-state index in [1.807, 2.05) is 43.8 Å². The van der Waals surface area contributed by atoms with Crippen LogP contribution in [0.1, 0.15) is 58.1 Å². The van der Waals surface area contributed by atoms with Crippen LogP contribution in [0.4, 0.5) is 4.79 Å². The van der Waals surface area contributed by atoms with Gasteiger partial charge in [-0.1, -0.05) is 24.3 Å². The fourth-order valence-corrected chi connectivity index (χ4v) is 7.89. The monoisotopic (exact) mass is 708 g/mol. The van der Waals surface area contributed by atoms with Crippen molar-refractivity contribution in [2.75, 3.05) is 26.3 Å². The summed E-state index contributed by atoms with van der Waals surface area (Å²) in [6.07, 6.45) is 9.57. The molecule has 0 radical (unpaired) electrons. The smallest absolute Gasteiger partial charge is 0.410 e. The molecule has 0 spiro atoms. The Morgan fingerprint density at radius 1 is 0.941 bits per heavy atom.